The molecule has 18 heavy (non-hydrogen) atoms. The van der Waals surface area contributed by atoms with Crippen LogP contribution in [0, 0.1) is 0 Å². The van der Waals surface area contributed by atoms with Gasteiger partial charge in [0.25, 0.3) is 0 Å². The fraction of sp³-hybridized carbons (Fsp3) is 0.462. The van der Waals surface area contributed by atoms with E-state index < -0.39 is 0 Å². The van der Waals surface area contributed by atoms with Crippen LogP contribution in [-0.2, 0) is 0 Å². The third kappa shape index (κ3) is 3.48. The van der Waals surface area contributed by atoms with Gasteiger partial charge in [0.1, 0.15) is 0 Å². The molecular weight excluding hydrogens is 364 g/mol. The standard InChI is InChI=1S/C13H16Br2O3/c1-4-5-9(14)13(16)8-6-11(17-2)12(18-3)7-10(8)15/h6-7,9H,4-5H2,1-3H3. The topological polar surface area (TPSA) is 35.5 Å². The summed E-state index contributed by atoms with van der Waals surface area (Å²) in [6.07, 6.45) is 1.76. The second-order valence-corrected chi connectivity index (χ2v) is 5.77. The molecule has 1 aromatic rings. The van der Waals surface area contributed by atoms with E-state index in [1.54, 1.807) is 26.4 Å². The molecular formula is C13H16Br2O3. The van der Waals surface area contributed by atoms with Gasteiger partial charge in [-0.05, 0) is 34.5 Å². The summed E-state index contributed by atoms with van der Waals surface area (Å²) in [5.74, 6) is 1.20. The first-order valence-corrected chi connectivity index (χ1v) is 7.35. The molecule has 1 unspecified atom stereocenters. The predicted molar refractivity (Wildman–Crippen MR) is 79.2 cm³/mol. The Bertz CT molecular complexity index is 432. The van der Waals surface area contributed by atoms with Crippen molar-refractivity contribution in [2.75, 3.05) is 14.2 Å². The average Bonchev–Trinajstić information content (AvgIpc) is 2.37. The van der Waals surface area contributed by atoms with Gasteiger partial charge >= 0.3 is 0 Å². The minimum absolute atomic E-state index is 0.0460. The highest BCUT2D eigenvalue weighted by Gasteiger charge is 2.21. The molecule has 3 nitrogen and oxygen atoms in total. The number of rotatable bonds is 6. The predicted octanol–water partition coefficient (Wildman–Crippen LogP) is 4.21. The minimum atomic E-state index is -0.170. The molecule has 100 valence electrons. The maximum absolute atomic E-state index is 12.2. The first kappa shape index (κ1) is 15.5. The summed E-state index contributed by atoms with van der Waals surface area (Å²) >= 11 is 6.81. The second-order valence-electron chi connectivity index (χ2n) is 3.81. The molecule has 0 aliphatic heterocycles. The van der Waals surface area contributed by atoms with Crippen LogP contribution in [0.1, 0.15) is 30.1 Å². The Morgan fingerprint density at radius 2 is 1.83 bits per heavy atom. The van der Waals surface area contributed by atoms with Crippen molar-refractivity contribution in [2.24, 2.45) is 0 Å². The van der Waals surface area contributed by atoms with E-state index in [2.05, 4.69) is 31.9 Å². The van der Waals surface area contributed by atoms with E-state index in [-0.39, 0.29) is 10.6 Å². The van der Waals surface area contributed by atoms with Crippen LogP contribution in [-0.4, -0.2) is 24.8 Å². The van der Waals surface area contributed by atoms with E-state index in [0.29, 0.717) is 21.5 Å². The highest BCUT2D eigenvalue weighted by molar-refractivity contribution is 9.10. The van der Waals surface area contributed by atoms with Gasteiger partial charge in [-0.1, -0.05) is 29.3 Å². The molecule has 0 bridgehead atoms. The van der Waals surface area contributed by atoms with Crippen molar-refractivity contribution in [2.45, 2.75) is 24.6 Å². The van der Waals surface area contributed by atoms with E-state index in [1.807, 2.05) is 6.92 Å². The molecule has 0 spiro atoms. The van der Waals surface area contributed by atoms with Gasteiger partial charge in [0.2, 0.25) is 0 Å². The summed E-state index contributed by atoms with van der Waals surface area (Å²) in [5, 5.41) is 0. The second kappa shape index (κ2) is 7.14. The SMILES string of the molecule is CCCC(Br)C(=O)c1cc(OC)c(OC)cc1Br. The molecule has 1 atom stereocenters. The number of methoxy groups -OCH3 is 2. The van der Waals surface area contributed by atoms with E-state index in [9.17, 15) is 4.79 Å². The zero-order valence-corrected chi connectivity index (χ0v) is 13.8. The van der Waals surface area contributed by atoms with Crippen molar-refractivity contribution in [3.8, 4) is 11.5 Å². The highest BCUT2D eigenvalue weighted by atomic mass is 79.9. The number of carbonyl (C=O) groups excluding carboxylic acids is 1. The number of halogens is 2. The molecule has 0 radical (unpaired) electrons. The van der Waals surface area contributed by atoms with Crippen molar-refractivity contribution in [3.05, 3.63) is 22.2 Å². The molecule has 0 fully saturated rings. The van der Waals surface area contributed by atoms with Crippen LogP contribution in [0.3, 0.4) is 0 Å². The van der Waals surface area contributed by atoms with Gasteiger partial charge in [0.05, 0.1) is 19.0 Å². The summed E-state index contributed by atoms with van der Waals surface area (Å²) in [6.45, 7) is 2.05. The number of benzene rings is 1. The Hall–Kier alpha value is -0.550. The molecule has 0 heterocycles. The van der Waals surface area contributed by atoms with Crippen LogP contribution in [0.15, 0.2) is 16.6 Å². The monoisotopic (exact) mass is 378 g/mol. The van der Waals surface area contributed by atoms with Gasteiger partial charge in [-0.3, -0.25) is 4.79 Å². The third-order valence-corrected chi connectivity index (χ3v) is 4.10. The van der Waals surface area contributed by atoms with Crippen molar-refractivity contribution in [1.82, 2.24) is 0 Å². The minimum Gasteiger partial charge on any atom is -0.493 e. The van der Waals surface area contributed by atoms with Crippen LogP contribution in [0.2, 0.25) is 0 Å². The maximum Gasteiger partial charge on any atom is 0.177 e. The van der Waals surface area contributed by atoms with Crippen LogP contribution in [0.4, 0.5) is 0 Å². The van der Waals surface area contributed by atoms with Crippen LogP contribution in [0.5, 0.6) is 11.5 Å². The Labute approximate surface area is 124 Å². The largest absolute Gasteiger partial charge is 0.493 e. The first-order valence-electron chi connectivity index (χ1n) is 5.64. The van der Waals surface area contributed by atoms with Gasteiger partial charge < -0.3 is 9.47 Å². The summed E-state index contributed by atoms with van der Waals surface area (Å²) < 4.78 is 11.1. The quantitative estimate of drug-likeness (QED) is 0.548. The van der Waals surface area contributed by atoms with Gasteiger partial charge in [-0.2, -0.15) is 0 Å². The number of ketones is 1. The van der Waals surface area contributed by atoms with Crippen LogP contribution >= 0.6 is 31.9 Å². The molecule has 0 saturated heterocycles. The number of carbonyl (C=O) groups is 1. The number of Topliss-reactive ketones (excluding diaryl/α,β-unsaturated/α-hetero) is 1. The molecule has 0 N–H and O–H groups in total. The zero-order chi connectivity index (χ0) is 13.7. The van der Waals surface area contributed by atoms with Gasteiger partial charge in [0.15, 0.2) is 17.3 Å². The van der Waals surface area contributed by atoms with Gasteiger partial charge in [-0.15, -0.1) is 0 Å². The normalized spacial score (nSPS) is 12.1. The summed E-state index contributed by atoms with van der Waals surface area (Å²) in [4.78, 5) is 12.1. The smallest absolute Gasteiger partial charge is 0.177 e. The Morgan fingerprint density at radius 3 is 2.33 bits per heavy atom. The lowest BCUT2D eigenvalue weighted by Gasteiger charge is -2.13. The highest BCUT2D eigenvalue weighted by Crippen LogP contribution is 2.34. The van der Waals surface area contributed by atoms with Crippen molar-refractivity contribution in [1.29, 1.82) is 0 Å². The summed E-state index contributed by atoms with van der Waals surface area (Å²) in [5.41, 5.74) is 0.600. The van der Waals surface area contributed by atoms with Gasteiger partial charge in [0, 0.05) is 10.0 Å². The number of hydrogen-bond acceptors (Lipinski definition) is 3. The lowest BCUT2D eigenvalue weighted by molar-refractivity contribution is 0.0987. The molecule has 1 rings (SSSR count). The van der Waals surface area contributed by atoms with Crippen molar-refractivity contribution in [3.63, 3.8) is 0 Å². The molecule has 0 aromatic heterocycles. The fourth-order valence-corrected chi connectivity index (χ4v) is 2.82. The van der Waals surface area contributed by atoms with E-state index in [4.69, 9.17) is 9.47 Å². The van der Waals surface area contributed by atoms with E-state index in [1.165, 1.54) is 0 Å². The first-order chi connectivity index (χ1) is 8.54. The lowest BCUT2D eigenvalue weighted by Crippen LogP contribution is -2.14. The number of ether oxygens (including phenoxy) is 2. The molecule has 0 aliphatic rings. The molecule has 5 heteroatoms. The van der Waals surface area contributed by atoms with E-state index in [0.717, 1.165) is 12.8 Å². The Balaban J connectivity index is 3.13. The van der Waals surface area contributed by atoms with E-state index >= 15 is 0 Å². The Kier molecular flexibility index (Phi) is 6.15. The molecule has 0 aliphatic carbocycles. The third-order valence-electron chi connectivity index (χ3n) is 2.57. The lowest BCUT2D eigenvalue weighted by atomic mass is 10.0. The maximum atomic E-state index is 12.2. The average molecular weight is 380 g/mol. The number of alkyl halides is 1. The summed E-state index contributed by atoms with van der Waals surface area (Å²) in [6, 6.07) is 3.45. The molecule has 0 amide bonds. The molecule has 0 saturated carbocycles. The summed E-state index contributed by atoms with van der Waals surface area (Å²) in [7, 11) is 3.12. The molecule has 1 aromatic carbocycles. The number of hydrogen-bond donors (Lipinski definition) is 0. The van der Waals surface area contributed by atoms with Gasteiger partial charge in [-0.25, -0.2) is 0 Å². The fourth-order valence-electron chi connectivity index (χ4n) is 1.60. The Morgan fingerprint density at radius 1 is 1.28 bits per heavy atom. The van der Waals surface area contributed by atoms with Crippen molar-refractivity contribution >= 4 is 37.6 Å². The van der Waals surface area contributed by atoms with Crippen LogP contribution < -0.4 is 9.47 Å². The van der Waals surface area contributed by atoms with Crippen LogP contribution in [0.25, 0.3) is 0 Å². The zero-order valence-electron chi connectivity index (χ0n) is 10.6. The van der Waals surface area contributed by atoms with Crippen molar-refractivity contribution < 1.29 is 14.3 Å².